The van der Waals surface area contributed by atoms with Crippen LogP contribution in [0.3, 0.4) is 0 Å². The lowest BCUT2D eigenvalue weighted by Crippen LogP contribution is -2.41. The van der Waals surface area contributed by atoms with Crippen LogP contribution < -0.4 is 0 Å². The van der Waals surface area contributed by atoms with Gasteiger partial charge in [-0.1, -0.05) is 11.8 Å². The molecule has 1 amide bonds. The van der Waals surface area contributed by atoms with Gasteiger partial charge in [0.15, 0.2) is 0 Å². The van der Waals surface area contributed by atoms with Gasteiger partial charge in [0.05, 0.1) is 9.62 Å². The molecule has 0 saturated carbocycles. The van der Waals surface area contributed by atoms with Crippen molar-refractivity contribution >= 4 is 29.0 Å². The van der Waals surface area contributed by atoms with E-state index < -0.39 is 0 Å². The number of nitrogens with zero attached hydrogens (tertiary/aromatic N) is 1. The summed E-state index contributed by atoms with van der Waals surface area (Å²) in [5.41, 5.74) is 1.10. The quantitative estimate of drug-likeness (QED) is 0.871. The molecule has 1 aliphatic heterocycles. The van der Waals surface area contributed by atoms with Gasteiger partial charge in [0, 0.05) is 13.6 Å². The lowest BCUT2D eigenvalue weighted by Gasteiger charge is -2.28. The molecule has 0 bridgehead atoms. The van der Waals surface area contributed by atoms with Gasteiger partial charge in [0.2, 0.25) is 5.91 Å². The van der Waals surface area contributed by atoms with Crippen molar-refractivity contribution in [2.24, 2.45) is 0 Å². The number of hydrogen-bond acceptors (Lipinski definition) is 4. The second-order valence-electron chi connectivity index (χ2n) is 5.12. The van der Waals surface area contributed by atoms with Gasteiger partial charge < -0.3 is 10.0 Å². The zero-order chi connectivity index (χ0) is 14.6. The first-order chi connectivity index (χ1) is 9.55. The monoisotopic (exact) mass is 309 g/mol. The van der Waals surface area contributed by atoms with Crippen LogP contribution in [0, 0.1) is 11.8 Å². The van der Waals surface area contributed by atoms with Gasteiger partial charge in [0.25, 0.3) is 0 Å². The molecule has 1 saturated heterocycles. The number of thiophene rings is 1. The molecule has 0 radical (unpaired) electrons. The Hall–Kier alpha value is -0.960. The highest BCUT2D eigenvalue weighted by Crippen LogP contribution is 2.39. The van der Waals surface area contributed by atoms with Crippen LogP contribution in [-0.2, 0) is 11.3 Å². The third kappa shape index (κ3) is 3.57. The Morgan fingerprint density at radius 3 is 3.05 bits per heavy atom. The Balaban J connectivity index is 1.98. The van der Waals surface area contributed by atoms with E-state index in [2.05, 4.69) is 18.8 Å². The number of rotatable bonds is 3. The normalized spacial score (nSPS) is 21.4. The molecule has 2 heterocycles. The van der Waals surface area contributed by atoms with Gasteiger partial charge in [-0.3, -0.25) is 4.79 Å². The van der Waals surface area contributed by atoms with E-state index in [1.54, 1.807) is 23.1 Å². The average Bonchev–Trinajstić information content (AvgIpc) is 3.05. The number of amides is 1. The van der Waals surface area contributed by atoms with E-state index in [9.17, 15) is 4.79 Å². The maximum atomic E-state index is 12.5. The molecule has 0 spiro atoms. The summed E-state index contributed by atoms with van der Waals surface area (Å²) in [6, 6.07) is 1.99. The van der Waals surface area contributed by atoms with Crippen LogP contribution in [0.25, 0.3) is 0 Å². The minimum Gasteiger partial charge on any atom is -0.384 e. The predicted octanol–water partition coefficient (Wildman–Crippen LogP) is 2.34. The van der Waals surface area contributed by atoms with E-state index in [4.69, 9.17) is 5.11 Å². The molecule has 5 heteroatoms. The zero-order valence-corrected chi connectivity index (χ0v) is 13.4. The predicted molar refractivity (Wildman–Crippen MR) is 84.9 cm³/mol. The van der Waals surface area contributed by atoms with Gasteiger partial charge in [-0.2, -0.15) is 0 Å². The van der Waals surface area contributed by atoms with Gasteiger partial charge >= 0.3 is 0 Å². The fraction of sp³-hybridized carbons (Fsp3) is 0.533. The summed E-state index contributed by atoms with van der Waals surface area (Å²) in [5, 5.41) is 10.7. The molecule has 1 atom stereocenters. The van der Waals surface area contributed by atoms with E-state index in [0.717, 1.165) is 29.0 Å². The largest absolute Gasteiger partial charge is 0.384 e. The molecule has 108 valence electrons. The maximum absolute atomic E-state index is 12.5. The topological polar surface area (TPSA) is 40.5 Å². The summed E-state index contributed by atoms with van der Waals surface area (Å²) in [5.74, 6) is 6.82. The third-order valence-corrected chi connectivity index (χ3v) is 5.79. The molecule has 1 unspecified atom stereocenters. The highest BCUT2D eigenvalue weighted by atomic mass is 32.2. The van der Waals surface area contributed by atoms with Gasteiger partial charge in [-0.15, -0.1) is 23.1 Å². The smallest absolute Gasteiger partial charge is 0.238 e. The zero-order valence-electron chi connectivity index (χ0n) is 11.8. The Kier molecular flexibility index (Phi) is 5.14. The third-order valence-electron chi connectivity index (χ3n) is 3.38. The summed E-state index contributed by atoms with van der Waals surface area (Å²) in [7, 11) is 1.86. The molecule has 1 aliphatic rings. The summed E-state index contributed by atoms with van der Waals surface area (Å²) in [6.45, 7) is 2.54. The van der Waals surface area contributed by atoms with Crippen LogP contribution in [0.15, 0.2) is 11.4 Å². The van der Waals surface area contributed by atoms with Crippen LogP contribution in [0.5, 0.6) is 0 Å². The fourth-order valence-corrected chi connectivity index (χ4v) is 4.43. The van der Waals surface area contributed by atoms with Crippen molar-refractivity contribution in [1.29, 1.82) is 0 Å². The first-order valence-corrected chi connectivity index (χ1v) is 8.48. The molecular weight excluding hydrogens is 290 g/mol. The standard InChI is InChI=1S/C15H19NO2S2/c1-15(6-4-8-20-15)14(18)16(2)10-12-9-13(19-11-12)5-3-7-17/h9,11,17H,4,6-8,10H2,1-2H3. The maximum Gasteiger partial charge on any atom is 0.238 e. The second kappa shape index (κ2) is 6.66. The van der Waals surface area contributed by atoms with Crippen molar-refractivity contribution in [2.75, 3.05) is 19.4 Å². The highest BCUT2D eigenvalue weighted by Gasteiger charge is 2.38. The molecule has 1 N–H and O–H groups in total. The van der Waals surface area contributed by atoms with E-state index in [1.165, 1.54) is 0 Å². The Morgan fingerprint density at radius 1 is 1.60 bits per heavy atom. The number of hydrogen-bond donors (Lipinski definition) is 1. The van der Waals surface area contributed by atoms with Crippen molar-refractivity contribution in [3.8, 4) is 11.8 Å². The molecule has 20 heavy (non-hydrogen) atoms. The molecule has 2 rings (SSSR count). The Labute approximate surface area is 128 Å². The van der Waals surface area contributed by atoms with Gasteiger partial charge in [-0.25, -0.2) is 0 Å². The lowest BCUT2D eigenvalue weighted by atomic mass is 10.0. The molecule has 1 fully saturated rings. The van der Waals surface area contributed by atoms with Crippen LogP contribution in [0.4, 0.5) is 0 Å². The molecule has 3 nitrogen and oxygen atoms in total. The average molecular weight is 309 g/mol. The molecule has 1 aromatic rings. The van der Waals surface area contributed by atoms with Crippen molar-refractivity contribution in [3.63, 3.8) is 0 Å². The number of carbonyl (C=O) groups is 1. The summed E-state index contributed by atoms with van der Waals surface area (Å²) >= 11 is 3.32. The number of carbonyl (C=O) groups excluding carboxylic acids is 1. The van der Waals surface area contributed by atoms with Crippen LogP contribution >= 0.6 is 23.1 Å². The van der Waals surface area contributed by atoms with Crippen LogP contribution in [-0.4, -0.2) is 40.1 Å². The van der Waals surface area contributed by atoms with E-state index >= 15 is 0 Å². The minimum atomic E-state index is -0.246. The van der Waals surface area contributed by atoms with Crippen LogP contribution in [0.1, 0.15) is 30.2 Å². The Bertz CT molecular complexity index is 536. The van der Waals surface area contributed by atoms with Crippen molar-refractivity contribution in [1.82, 2.24) is 4.90 Å². The van der Waals surface area contributed by atoms with Gasteiger partial charge in [0.1, 0.15) is 6.61 Å². The lowest BCUT2D eigenvalue weighted by molar-refractivity contribution is -0.132. The van der Waals surface area contributed by atoms with Crippen molar-refractivity contribution in [2.45, 2.75) is 31.1 Å². The van der Waals surface area contributed by atoms with Crippen molar-refractivity contribution < 1.29 is 9.90 Å². The molecule has 0 aliphatic carbocycles. The SMILES string of the molecule is CN(Cc1csc(C#CCO)c1)C(=O)C1(C)CCCS1. The van der Waals surface area contributed by atoms with E-state index in [0.29, 0.717) is 6.54 Å². The number of thioether (sulfide) groups is 1. The van der Waals surface area contributed by atoms with Gasteiger partial charge in [-0.05, 0) is 42.5 Å². The van der Waals surface area contributed by atoms with E-state index in [-0.39, 0.29) is 17.3 Å². The first-order valence-electron chi connectivity index (χ1n) is 6.62. The number of aliphatic hydroxyl groups excluding tert-OH is 1. The Morgan fingerprint density at radius 2 is 2.40 bits per heavy atom. The molecule has 0 aromatic carbocycles. The van der Waals surface area contributed by atoms with Crippen molar-refractivity contribution in [3.05, 3.63) is 21.9 Å². The van der Waals surface area contributed by atoms with E-state index in [1.807, 2.05) is 23.4 Å². The first kappa shape index (κ1) is 15.4. The number of aliphatic hydroxyl groups is 1. The summed E-state index contributed by atoms with van der Waals surface area (Å²) < 4.78 is -0.246. The molecule has 1 aromatic heterocycles. The molecular formula is C15H19NO2S2. The summed E-state index contributed by atoms with van der Waals surface area (Å²) in [4.78, 5) is 15.2. The highest BCUT2D eigenvalue weighted by molar-refractivity contribution is 8.01. The fourth-order valence-electron chi connectivity index (χ4n) is 2.35. The summed E-state index contributed by atoms with van der Waals surface area (Å²) in [6.07, 6.45) is 2.10. The van der Waals surface area contributed by atoms with Crippen LogP contribution in [0.2, 0.25) is 0 Å². The minimum absolute atomic E-state index is 0.124. The second-order valence-corrected chi connectivity index (χ2v) is 7.63.